The number of nitro groups is 1. The van der Waals surface area contributed by atoms with Crippen LogP contribution >= 0.6 is 0 Å². The standard InChI is InChI=1S/C16H16N2O4/c1-12-7-9-13(10-8-12)16(20,11-18(21)22)15(19)17-14-5-3-2-4-6-14/h2-10,20H,11H2,1H3,(H,17,19)/t16-/m1/s1. The van der Waals surface area contributed by atoms with E-state index in [1.165, 1.54) is 12.1 Å². The zero-order valence-corrected chi connectivity index (χ0v) is 12.0. The Bertz CT molecular complexity index is 670. The van der Waals surface area contributed by atoms with Gasteiger partial charge in [0.25, 0.3) is 5.91 Å². The first-order valence-corrected chi connectivity index (χ1v) is 6.69. The first kappa shape index (κ1) is 15.7. The van der Waals surface area contributed by atoms with Crippen LogP contribution in [0.1, 0.15) is 11.1 Å². The van der Waals surface area contributed by atoms with E-state index in [2.05, 4.69) is 5.32 Å². The number of anilines is 1. The highest BCUT2D eigenvalue weighted by molar-refractivity contribution is 5.97. The van der Waals surface area contributed by atoms with Crippen molar-refractivity contribution in [1.82, 2.24) is 0 Å². The van der Waals surface area contributed by atoms with Crippen molar-refractivity contribution in [2.24, 2.45) is 0 Å². The van der Waals surface area contributed by atoms with Crippen LogP contribution in [0.15, 0.2) is 54.6 Å². The minimum Gasteiger partial charge on any atom is -0.370 e. The third-order valence-electron chi connectivity index (χ3n) is 3.29. The van der Waals surface area contributed by atoms with Gasteiger partial charge in [-0.3, -0.25) is 14.9 Å². The van der Waals surface area contributed by atoms with Crippen LogP contribution in [-0.4, -0.2) is 22.5 Å². The monoisotopic (exact) mass is 300 g/mol. The van der Waals surface area contributed by atoms with Gasteiger partial charge in [0.15, 0.2) is 0 Å². The summed E-state index contributed by atoms with van der Waals surface area (Å²) in [5.74, 6) is -0.834. The summed E-state index contributed by atoms with van der Waals surface area (Å²) < 4.78 is 0. The predicted octanol–water partition coefficient (Wildman–Crippen LogP) is 2.10. The summed E-state index contributed by atoms with van der Waals surface area (Å²) in [5, 5.41) is 24.0. The number of nitrogens with zero attached hydrogens (tertiary/aromatic N) is 1. The molecule has 6 nitrogen and oxygen atoms in total. The molecule has 0 saturated heterocycles. The Balaban J connectivity index is 2.34. The van der Waals surface area contributed by atoms with Crippen molar-refractivity contribution in [3.63, 3.8) is 0 Å². The highest BCUT2D eigenvalue weighted by atomic mass is 16.6. The second-order valence-electron chi connectivity index (χ2n) is 5.04. The molecule has 0 radical (unpaired) electrons. The molecule has 1 atom stereocenters. The summed E-state index contributed by atoms with van der Waals surface area (Å²) in [5.41, 5.74) is -0.659. The van der Waals surface area contributed by atoms with E-state index < -0.39 is 23.0 Å². The van der Waals surface area contributed by atoms with Gasteiger partial charge >= 0.3 is 0 Å². The van der Waals surface area contributed by atoms with E-state index in [4.69, 9.17) is 0 Å². The maximum Gasteiger partial charge on any atom is 0.268 e. The van der Waals surface area contributed by atoms with E-state index in [-0.39, 0.29) is 5.56 Å². The summed E-state index contributed by atoms with van der Waals surface area (Å²) in [4.78, 5) is 22.6. The topological polar surface area (TPSA) is 92.5 Å². The van der Waals surface area contributed by atoms with Gasteiger partial charge < -0.3 is 10.4 Å². The highest BCUT2D eigenvalue weighted by Crippen LogP contribution is 2.24. The Labute approximate surface area is 127 Å². The SMILES string of the molecule is Cc1ccc([C@](O)(C[N+](=O)[O-])C(=O)Nc2ccccc2)cc1. The number of rotatable bonds is 5. The van der Waals surface area contributed by atoms with Crippen LogP contribution in [0.2, 0.25) is 0 Å². The number of amides is 1. The van der Waals surface area contributed by atoms with Gasteiger partial charge in [0.05, 0.1) is 0 Å². The van der Waals surface area contributed by atoms with Crippen molar-refractivity contribution in [3.05, 3.63) is 75.8 Å². The quantitative estimate of drug-likeness (QED) is 0.653. The van der Waals surface area contributed by atoms with E-state index in [1.807, 2.05) is 6.92 Å². The molecule has 2 N–H and O–H groups in total. The Morgan fingerprint density at radius 3 is 2.32 bits per heavy atom. The highest BCUT2D eigenvalue weighted by Gasteiger charge is 2.43. The van der Waals surface area contributed by atoms with Crippen molar-refractivity contribution >= 4 is 11.6 Å². The average Bonchev–Trinajstić information content (AvgIpc) is 2.48. The minimum absolute atomic E-state index is 0.184. The molecule has 6 heteroatoms. The molecule has 2 aromatic rings. The van der Waals surface area contributed by atoms with Crippen molar-refractivity contribution in [3.8, 4) is 0 Å². The molecule has 2 aromatic carbocycles. The van der Waals surface area contributed by atoms with Gasteiger partial charge in [0.1, 0.15) is 0 Å². The first-order valence-electron chi connectivity index (χ1n) is 6.69. The lowest BCUT2D eigenvalue weighted by molar-refractivity contribution is -0.498. The first-order chi connectivity index (χ1) is 10.4. The van der Waals surface area contributed by atoms with E-state index in [0.29, 0.717) is 5.69 Å². The summed E-state index contributed by atoms with van der Waals surface area (Å²) in [7, 11) is 0. The lowest BCUT2D eigenvalue weighted by atomic mass is 9.92. The lowest BCUT2D eigenvalue weighted by Crippen LogP contribution is -2.45. The van der Waals surface area contributed by atoms with Crippen molar-refractivity contribution in [1.29, 1.82) is 0 Å². The van der Waals surface area contributed by atoms with E-state index in [9.17, 15) is 20.0 Å². The molecule has 0 aliphatic rings. The van der Waals surface area contributed by atoms with Crippen molar-refractivity contribution in [2.75, 3.05) is 11.9 Å². The molecule has 0 heterocycles. The molecule has 0 aliphatic heterocycles. The Morgan fingerprint density at radius 2 is 1.77 bits per heavy atom. The summed E-state index contributed by atoms with van der Waals surface area (Å²) >= 11 is 0. The molecule has 0 unspecified atom stereocenters. The number of aliphatic hydroxyl groups is 1. The number of aryl methyl sites for hydroxylation is 1. The molecule has 0 spiro atoms. The van der Waals surface area contributed by atoms with Crippen LogP contribution < -0.4 is 5.32 Å². The second kappa shape index (κ2) is 6.36. The van der Waals surface area contributed by atoms with E-state index in [1.54, 1.807) is 42.5 Å². The molecule has 0 fully saturated rings. The van der Waals surface area contributed by atoms with Gasteiger partial charge in [-0.1, -0.05) is 48.0 Å². The van der Waals surface area contributed by atoms with Crippen LogP contribution in [0.25, 0.3) is 0 Å². The summed E-state index contributed by atoms with van der Waals surface area (Å²) in [6, 6.07) is 14.9. The van der Waals surface area contributed by atoms with Crippen LogP contribution in [0, 0.1) is 17.0 Å². The third-order valence-corrected chi connectivity index (χ3v) is 3.29. The predicted molar refractivity (Wildman–Crippen MR) is 82.0 cm³/mol. The normalized spacial score (nSPS) is 13.2. The van der Waals surface area contributed by atoms with E-state index >= 15 is 0 Å². The summed E-state index contributed by atoms with van der Waals surface area (Å²) in [6.07, 6.45) is 0. The summed E-state index contributed by atoms with van der Waals surface area (Å²) in [6.45, 7) is 0.940. The smallest absolute Gasteiger partial charge is 0.268 e. The molecule has 0 bridgehead atoms. The largest absolute Gasteiger partial charge is 0.370 e. The van der Waals surface area contributed by atoms with Crippen LogP contribution in [0.5, 0.6) is 0 Å². The lowest BCUT2D eigenvalue weighted by Gasteiger charge is -2.23. The van der Waals surface area contributed by atoms with Crippen molar-refractivity contribution in [2.45, 2.75) is 12.5 Å². The number of carbonyl (C=O) groups is 1. The maximum atomic E-state index is 12.4. The second-order valence-corrected chi connectivity index (χ2v) is 5.04. The fourth-order valence-electron chi connectivity index (χ4n) is 2.07. The zero-order valence-electron chi connectivity index (χ0n) is 12.0. The Kier molecular flexibility index (Phi) is 4.53. The number of benzene rings is 2. The minimum atomic E-state index is -2.23. The van der Waals surface area contributed by atoms with Gasteiger partial charge in [-0.2, -0.15) is 0 Å². The van der Waals surface area contributed by atoms with Gasteiger partial charge in [0, 0.05) is 10.6 Å². The van der Waals surface area contributed by atoms with Gasteiger partial charge in [-0.25, -0.2) is 0 Å². The fourth-order valence-corrected chi connectivity index (χ4v) is 2.07. The number of hydrogen-bond donors (Lipinski definition) is 2. The van der Waals surface area contributed by atoms with Crippen LogP contribution in [0.4, 0.5) is 5.69 Å². The molecule has 1 amide bonds. The van der Waals surface area contributed by atoms with Gasteiger partial charge in [-0.05, 0) is 24.6 Å². The number of nitrogens with one attached hydrogen (secondary N) is 1. The van der Waals surface area contributed by atoms with Gasteiger partial charge in [0.2, 0.25) is 12.1 Å². The number of hydrogen-bond acceptors (Lipinski definition) is 4. The van der Waals surface area contributed by atoms with Crippen LogP contribution in [0.3, 0.4) is 0 Å². The van der Waals surface area contributed by atoms with Gasteiger partial charge in [-0.15, -0.1) is 0 Å². The Hall–Kier alpha value is -2.73. The number of para-hydroxylation sites is 1. The molecule has 2 rings (SSSR count). The molecule has 0 aliphatic carbocycles. The average molecular weight is 300 g/mol. The Morgan fingerprint density at radius 1 is 1.18 bits per heavy atom. The zero-order chi connectivity index (χ0) is 16.2. The van der Waals surface area contributed by atoms with E-state index in [0.717, 1.165) is 5.56 Å². The third kappa shape index (κ3) is 3.48. The van der Waals surface area contributed by atoms with Crippen LogP contribution in [-0.2, 0) is 10.4 Å². The fraction of sp³-hybridized carbons (Fsp3) is 0.188. The molecule has 22 heavy (non-hydrogen) atoms. The molecule has 0 saturated carbocycles. The molecule has 114 valence electrons. The molecular formula is C16H16N2O4. The number of carbonyl (C=O) groups excluding carboxylic acids is 1. The molecular weight excluding hydrogens is 284 g/mol. The molecule has 0 aromatic heterocycles. The maximum absolute atomic E-state index is 12.4. The van der Waals surface area contributed by atoms with Crippen molar-refractivity contribution < 1.29 is 14.8 Å².